The molecule has 7 heteroatoms. The molecule has 0 saturated heterocycles. The number of nitrogens with one attached hydrogen (secondary N) is 3. The van der Waals surface area contributed by atoms with Gasteiger partial charge in [0, 0.05) is 24.7 Å². The summed E-state index contributed by atoms with van der Waals surface area (Å²) in [5.74, 6) is -0.812. The van der Waals surface area contributed by atoms with E-state index < -0.39 is 5.97 Å². The third-order valence-corrected chi connectivity index (χ3v) is 2.47. The molecular weight excluding hydrogens is 236 g/mol. The number of hydrogen-bond donors (Lipinski definition) is 4. The number of nitrogens with zero attached hydrogens (tertiary/aromatic N) is 1. The molecule has 1 unspecified atom stereocenters. The Balaban J connectivity index is 2.12. The first kappa shape index (κ1) is 14.0. The van der Waals surface area contributed by atoms with Gasteiger partial charge in [-0.25, -0.2) is 4.79 Å². The smallest absolute Gasteiger partial charge is 0.315 e. The molecular formula is C11H18N4O3. The van der Waals surface area contributed by atoms with Crippen molar-refractivity contribution in [3.63, 3.8) is 0 Å². The number of unbranched alkanes of at least 4 members (excludes halogenated alkanes) is 1. The molecule has 0 aromatic carbocycles. The van der Waals surface area contributed by atoms with Gasteiger partial charge in [-0.05, 0) is 19.8 Å². The lowest BCUT2D eigenvalue weighted by molar-refractivity contribution is -0.137. The van der Waals surface area contributed by atoms with Crippen molar-refractivity contribution in [1.82, 2.24) is 20.8 Å². The lowest BCUT2D eigenvalue weighted by atomic mass is 10.2. The van der Waals surface area contributed by atoms with Gasteiger partial charge >= 0.3 is 12.0 Å². The van der Waals surface area contributed by atoms with Gasteiger partial charge in [0.25, 0.3) is 0 Å². The van der Waals surface area contributed by atoms with E-state index in [9.17, 15) is 9.59 Å². The van der Waals surface area contributed by atoms with Gasteiger partial charge in [-0.2, -0.15) is 5.10 Å². The zero-order valence-electron chi connectivity index (χ0n) is 10.3. The maximum atomic E-state index is 11.5. The molecule has 1 aromatic rings. The van der Waals surface area contributed by atoms with Gasteiger partial charge in [-0.1, -0.05) is 0 Å². The van der Waals surface area contributed by atoms with Crippen LogP contribution < -0.4 is 10.6 Å². The van der Waals surface area contributed by atoms with E-state index in [0.29, 0.717) is 19.4 Å². The van der Waals surface area contributed by atoms with E-state index in [-0.39, 0.29) is 18.5 Å². The van der Waals surface area contributed by atoms with Crippen LogP contribution in [0.2, 0.25) is 0 Å². The van der Waals surface area contributed by atoms with Gasteiger partial charge in [0.15, 0.2) is 0 Å². The highest BCUT2D eigenvalue weighted by Gasteiger charge is 2.09. The quantitative estimate of drug-likeness (QED) is 0.545. The number of urea groups is 1. The molecule has 0 aliphatic heterocycles. The van der Waals surface area contributed by atoms with Crippen LogP contribution >= 0.6 is 0 Å². The number of aromatic amines is 1. The van der Waals surface area contributed by atoms with Crippen molar-refractivity contribution in [3.05, 3.63) is 18.0 Å². The number of carboxylic acid groups (broad SMARTS) is 1. The second kappa shape index (κ2) is 7.31. The molecule has 4 N–H and O–H groups in total. The van der Waals surface area contributed by atoms with Crippen LogP contribution in [0.1, 0.15) is 37.8 Å². The van der Waals surface area contributed by atoms with Gasteiger partial charge in [0.1, 0.15) is 0 Å². The topological polar surface area (TPSA) is 107 Å². The second-order valence-corrected chi connectivity index (χ2v) is 4.00. The summed E-state index contributed by atoms with van der Waals surface area (Å²) >= 11 is 0. The standard InChI is InChI=1S/C11H18N4O3/c1-8(9-6-13-14-7-9)15-11(18)12-5-3-2-4-10(16)17/h6-8H,2-5H2,1H3,(H,13,14)(H,16,17)(H2,12,15,18). The van der Waals surface area contributed by atoms with Crippen molar-refractivity contribution in [2.24, 2.45) is 0 Å². The first-order valence-corrected chi connectivity index (χ1v) is 5.84. The molecule has 100 valence electrons. The van der Waals surface area contributed by atoms with E-state index in [1.54, 1.807) is 12.4 Å². The van der Waals surface area contributed by atoms with E-state index in [0.717, 1.165) is 5.56 Å². The number of hydrogen-bond acceptors (Lipinski definition) is 3. The van der Waals surface area contributed by atoms with E-state index in [1.807, 2.05) is 6.92 Å². The second-order valence-electron chi connectivity index (χ2n) is 4.00. The molecule has 0 spiro atoms. The first-order valence-electron chi connectivity index (χ1n) is 5.84. The molecule has 7 nitrogen and oxygen atoms in total. The van der Waals surface area contributed by atoms with Crippen LogP contribution in [0.25, 0.3) is 0 Å². The monoisotopic (exact) mass is 254 g/mol. The lowest BCUT2D eigenvalue weighted by Crippen LogP contribution is -2.37. The van der Waals surface area contributed by atoms with E-state index in [2.05, 4.69) is 20.8 Å². The Bertz CT molecular complexity index is 378. The zero-order valence-corrected chi connectivity index (χ0v) is 10.3. The minimum Gasteiger partial charge on any atom is -0.481 e. The Labute approximate surface area is 105 Å². The summed E-state index contributed by atoms with van der Waals surface area (Å²) in [7, 11) is 0. The van der Waals surface area contributed by atoms with Crippen molar-refractivity contribution >= 4 is 12.0 Å². The third kappa shape index (κ3) is 5.33. The third-order valence-electron chi connectivity index (χ3n) is 2.47. The Morgan fingerprint density at radius 1 is 1.50 bits per heavy atom. The number of amides is 2. The number of aromatic nitrogens is 2. The van der Waals surface area contributed by atoms with Crippen LogP contribution in [0.4, 0.5) is 4.79 Å². The minimum atomic E-state index is -0.812. The Morgan fingerprint density at radius 2 is 2.28 bits per heavy atom. The molecule has 0 aliphatic carbocycles. The summed E-state index contributed by atoms with van der Waals surface area (Å²) < 4.78 is 0. The van der Waals surface area contributed by atoms with Crippen molar-refractivity contribution in [2.75, 3.05) is 6.54 Å². The van der Waals surface area contributed by atoms with Gasteiger partial charge in [0.2, 0.25) is 0 Å². The molecule has 0 aliphatic rings. The van der Waals surface area contributed by atoms with Crippen molar-refractivity contribution in [1.29, 1.82) is 0 Å². The van der Waals surface area contributed by atoms with E-state index >= 15 is 0 Å². The molecule has 18 heavy (non-hydrogen) atoms. The van der Waals surface area contributed by atoms with Crippen LogP contribution in [-0.2, 0) is 4.79 Å². The fraction of sp³-hybridized carbons (Fsp3) is 0.545. The zero-order chi connectivity index (χ0) is 13.4. The number of rotatable bonds is 7. The number of carbonyl (C=O) groups is 2. The van der Waals surface area contributed by atoms with Crippen LogP contribution in [0.15, 0.2) is 12.4 Å². The molecule has 1 rings (SSSR count). The number of carbonyl (C=O) groups excluding carboxylic acids is 1. The molecule has 2 amide bonds. The van der Waals surface area contributed by atoms with Gasteiger partial charge in [-0.15, -0.1) is 0 Å². The summed E-state index contributed by atoms with van der Waals surface area (Å²) in [4.78, 5) is 21.7. The maximum absolute atomic E-state index is 11.5. The largest absolute Gasteiger partial charge is 0.481 e. The SMILES string of the molecule is CC(NC(=O)NCCCCC(=O)O)c1cn[nH]c1. The molecule has 1 atom stereocenters. The maximum Gasteiger partial charge on any atom is 0.315 e. The van der Waals surface area contributed by atoms with E-state index in [1.165, 1.54) is 0 Å². The van der Waals surface area contributed by atoms with Crippen LogP contribution in [-0.4, -0.2) is 33.8 Å². The van der Waals surface area contributed by atoms with Crippen LogP contribution in [0.5, 0.6) is 0 Å². The predicted molar refractivity (Wildman–Crippen MR) is 65.0 cm³/mol. The minimum absolute atomic E-state index is 0.122. The van der Waals surface area contributed by atoms with E-state index in [4.69, 9.17) is 5.11 Å². The van der Waals surface area contributed by atoms with Crippen molar-refractivity contribution in [3.8, 4) is 0 Å². The number of carboxylic acids is 1. The lowest BCUT2D eigenvalue weighted by Gasteiger charge is -2.12. The highest BCUT2D eigenvalue weighted by molar-refractivity contribution is 5.74. The fourth-order valence-electron chi connectivity index (χ4n) is 1.43. The van der Waals surface area contributed by atoms with Gasteiger partial charge < -0.3 is 15.7 Å². The molecule has 0 bridgehead atoms. The molecule has 0 saturated carbocycles. The number of H-pyrrole nitrogens is 1. The summed E-state index contributed by atoms with van der Waals surface area (Å²) in [6.45, 7) is 2.33. The summed E-state index contributed by atoms with van der Waals surface area (Å²) in [5, 5.41) is 20.3. The fourth-order valence-corrected chi connectivity index (χ4v) is 1.43. The predicted octanol–water partition coefficient (Wildman–Crippen LogP) is 1.02. The molecule has 1 heterocycles. The van der Waals surface area contributed by atoms with Gasteiger partial charge in [-0.3, -0.25) is 9.89 Å². The summed E-state index contributed by atoms with van der Waals surface area (Å²) in [6, 6.07) is -0.387. The van der Waals surface area contributed by atoms with Crippen molar-refractivity contribution in [2.45, 2.75) is 32.2 Å². The summed E-state index contributed by atoms with van der Waals surface area (Å²) in [5.41, 5.74) is 0.899. The summed E-state index contributed by atoms with van der Waals surface area (Å²) in [6.07, 6.45) is 4.72. The average Bonchev–Trinajstić information content (AvgIpc) is 2.81. The Kier molecular flexibility index (Phi) is 5.69. The average molecular weight is 254 g/mol. The number of aliphatic carboxylic acids is 1. The van der Waals surface area contributed by atoms with Crippen LogP contribution in [0, 0.1) is 0 Å². The molecule has 0 fully saturated rings. The van der Waals surface area contributed by atoms with Crippen LogP contribution in [0.3, 0.4) is 0 Å². The first-order chi connectivity index (χ1) is 8.59. The highest BCUT2D eigenvalue weighted by Crippen LogP contribution is 2.08. The van der Waals surface area contributed by atoms with Crippen molar-refractivity contribution < 1.29 is 14.7 Å². The molecule has 0 radical (unpaired) electrons. The Morgan fingerprint density at radius 3 is 2.89 bits per heavy atom. The van der Waals surface area contributed by atoms with Gasteiger partial charge in [0.05, 0.1) is 12.2 Å². The Hall–Kier alpha value is -2.05. The normalized spacial score (nSPS) is 11.8. The molecule has 1 aromatic heterocycles. The highest BCUT2D eigenvalue weighted by atomic mass is 16.4.